The molecule has 1 unspecified atom stereocenters. The summed E-state index contributed by atoms with van der Waals surface area (Å²) < 4.78 is 8.02. The number of benzene rings is 1. The lowest BCUT2D eigenvalue weighted by Crippen LogP contribution is -2.41. The van der Waals surface area contributed by atoms with Gasteiger partial charge < -0.3 is 20.7 Å². The van der Waals surface area contributed by atoms with Crippen molar-refractivity contribution in [2.75, 3.05) is 32.1 Å². The average Bonchev–Trinajstić information content (AvgIpc) is 3.27. The van der Waals surface area contributed by atoms with Crippen LogP contribution in [-0.4, -0.2) is 52.1 Å². The smallest absolute Gasteiger partial charge is 0.254 e. The first kappa shape index (κ1) is 22.4. The van der Waals surface area contributed by atoms with Gasteiger partial charge in [-0.2, -0.15) is 0 Å². The highest BCUT2D eigenvalue weighted by atomic mass is 16.5. The van der Waals surface area contributed by atoms with Gasteiger partial charge in [0.15, 0.2) is 0 Å². The zero-order chi connectivity index (χ0) is 23.4. The largest absolute Gasteiger partial charge is 0.492 e. The van der Waals surface area contributed by atoms with Gasteiger partial charge in [-0.3, -0.25) is 9.36 Å². The van der Waals surface area contributed by atoms with Crippen LogP contribution in [0.2, 0.25) is 0 Å². The molecule has 2 aromatic heterocycles. The molecule has 33 heavy (non-hydrogen) atoms. The Morgan fingerprint density at radius 1 is 1.30 bits per heavy atom. The quantitative estimate of drug-likeness (QED) is 0.577. The number of nitrogens with zero attached hydrogens (tertiary/aromatic N) is 4. The Morgan fingerprint density at radius 3 is 2.88 bits per heavy atom. The Labute approximate surface area is 194 Å². The number of amides is 1. The van der Waals surface area contributed by atoms with E-state index in [4.69, 9.17) is 10.5 Å². The molecule has 4 rings (SSSR count). The van der Waals surface area contributed by atoms with Crippen molar-refractivity contribution in [1.82, 2.24) is 19.4 Å². The number of anilines is 1. The van der Waals surface area contributed by atoms with Crippen LogP contribution in [0.25, 0.3) is 11.5 Å². The maximum absolute atomic E-state index is 13.2. The lowest BCUT2D eigenvalue weighted by Gasteiger charge is -2.33. The summed E-state index contributed by atoms with van der Waals surface area (Å²) in [5.41, 5.74) is 8.74. The Kier molecular flexibility index (Phi) is 6.63. The van der Waals surface area contributed by atoms with Crippen molar-refractivity contribution in [3.8, 4) is 11.6 Å². The van der Waals surface area contributed by atoms with E-state index >= 15 is 0 Å². The van der Waals surface area contributed by atoms with E-state index in [0.717, 1.165) is 36.5 Å². The SMILES string of the molecule is C=C(N)c1c(NC)cccc1OCC1CCCN(C(=O)c2ccnc(-n3ccnc3C)c2)C1. The third kappa shape index (κ3) is 4.84. The number of hydrogen-bond acceptors (Lipinski definition) is 6. The monoisotopic (exact) mass is 446 g/mol. The predicted molar refractivity (Wildman–Crippen MR) is 129 cm³/mol. The summed E-state index contributed by atoms with van der Waals surface area (Å²) in [6, 6.07) is 9.35. The number of nitrogens with one attached hydrogen (secondary N) is 1. The van der Waals surface area contributed by atoms with Crippen molar-refractivity contribution >= 4 is 17.3 Å². The van der Waals surface area contributed by atoms with E-state index in [9.17, 15) is 4.79 Å². The molecule has 8 heteroatoms. The van der Waals surface area contributed by atoms with Crippen molar-refractivity contribution in [2.45, 2.75) is 19.8 Å². The topological polar surface area (TPSA) is 98.3 Å². The molecule has 3 aromatic rings. The second-order valence-corrected chi connectivity index (χ2v) is 8.27. The Hall–Kier alpha value is -3.81. The predicted octanol–water partition coefficient (Wildman–Crippen LogP) is 3.48. The molecule has 0 radical (unpaired) electrons. The van der Waals surface area contributed by atoms with Crippen molar-refractivity contribution in [2.24, 2.45) is 11.7 Å². The fourth-order valence-corrected chi connectivity index (χ4v) is 4.27. The second kappa shape index (κ2) is 9.77. The van der Waals surface area contributed by atoms with Gasteiger partial charge in [-0.1, -0.05) is 12.6 Å². The maximum atomic E-state index is 13.2. The Balaban J connectivity index is 1.44. The van der Waals surface area contributed by atoms with E-state index in [1.165, 1.54) is 0 Å². The summed E-state index contributed by atoms with van der Waals surface area (Å²) in [7, 11) is 1.84. The molecule has 0 aliphatic carbocycles. The van der Waals surface area contributed by atoms with Crippen LogP contribution in [0.4, 0.5) is 5.69 Å². The van der Waals surface area contributed by atoms with Crippen LogP contribution in [0.5, 0.6) is 5.75 Å². The molecular formula is C25H30N6O2. The molecule has 0 bridgehead atoms. The zero-order valence-electron chi connectivity index (χ0n) is 19.1. The maximum Gasteiger partial charge on any atom is 0.254 e. The normalized spacial score (nSPS) is 15.8. The summed E-state index contributed by atoms with van der Waals surface area (Å²) in [6.07, 6.45) is 7.17. The third-order valence-electron chi connectivity index (χ3n) is 5.96. The molecule has 8 nitrogen and oxygen atoms in total. The van der Waals surface area contributed by atoms with Gasteiger partial charge in [0.05, 0.1) is 12.2 Å². The number of nitrogens with two attached hydrogens (primary N) is 1. The van der Waals surface area contributed by atoms with Crippen molar-refractivity contribution in [1.29, 1.82) is 0 Å². The summed E-state index contributed by atoms with van der Waals surface area (Å²) in [6.45, 7) is 7.67. The highest BCUT2D eigenvalue weighted by molar-refractivity contribution is 5.94. The standard InChI is InChI=1S/C25H30N6O2/c1-17(26)24-21(27-3)7-4-8-22(24)33-16-19-6-5-12-30(15-19)25(32)20-9-10-29-23(14-20)31-13-11-28-18(31)2/h4,7-11,13-14,19,27H,1,5-6,12,15-16,26H2,2-3H3. The van der Waals surface area contributed by atoms with Crippen LogP contribution in [0.1, 0.15) is 34.6 Å². The number of imidazole rings is 1. The first-order chi connectivity index (χ1) is 16.0. The van der Waals surface area contributed by atoms with E-state index < -0.39 is 0 Å². The lowest BCUT2D eigenvalue weighted by atomic mass is 9.98. The second-order valence-electron chi connectivity index (χ2n) is 8.27. The van der Waals surface area contributed by atoms with Crippen LogP contribution < -0.4 is 15.8 Å². The van der Waals surface area contributed by atoms with E-state index in [0.29, 0.717) is 36.0 Å². The van der Waals surface area contributed by atoms with Gasteiger partial charge in [0.1, 0.15) is 17.4 Å². The summed E-state index contributed by atoms with van der Waals surface area (Å²) >= 11 is 0. The highest BCUT2D eigenvalue weighted by Crippen LogP contribution is 2.31. The number of hydrogen-bond donors (Lipinski definition) is 2. The first-order valence-corrected chi connectivity index (χ1v) is 11.1. The molecule has 1 fully saturated rings. The molecule has 1 atom stereocenters. The van der Waals surface area contributed by atoms with Crippen molar-refractivity contribution in [3.05, 3.63) is 72.5 Å². The molecular weight excluding hydrogens is 416 g/mol. The van der Waals surface area contributed by atoms with Crippen LogP contribution in [0.15, 0.2) is 55.5 Å². The summed E-state index contributed by atoms with van der Waals surface area (Å²) in [5, 5.41) is 3.13. The van der Waals surface area contributed by atoms with Gasteiger partial charge in [-0.25, -0.2) is 9.97 Å². The van der Waals surface area contributed by atoms with Crippen LogP contribution in [-0.2, 0) is 0 Å². The number of aromatic nitrogens is 3. The van der Waals surface area contributed by atoms with Crippen LogP contribution in [0.3, 0.4) is 0 Å². The molecule has 3 heterocycles. The first-order valence-electron chi connectivity index (χ1n) is 11.1. The fourth-order valence-electron chi connectivity index (χ4n) is 4.27. The van der Waals surface area contributed by atoms with Crippen molar-refractivity contribution < 1.29 is 9.53 Å². The summed E-state index contributed by atoms with van der Waals surface area (Å²) in [4.78, 5) is 23.8. The number of carbonyl (C=O) groups excluding carboxylic acids is 1. The number of piperidine rings is 1. The highest BCUT2D eigenvalue weighted by Gasteiger charge is 2.26. The van der Waals surface area contributed by atoms with Crippen molar-refractivity contribution in [3.63, 3.8) is 0 Å². The average molecular weight is 447 g/mol. The molecule has 0 saturated carbocycles. The Bertz CT molecular complexity index is 1160. The number of aryl methyl sites for hydroxylation is 1. The lowest BCUT2D eigenvalue weighted by molar-refractivity contribution is 0.0633. The minimum absolute atomic E-state index is 0.00863. The van der Waals surface area contributed by atoms with E-state index in [1.54, 1.807) is 18.5 Å². The minimum atomic E-state index is 0.00863. The van der Waals surface area contributed by atoms with Crippen LogP contribution in [0, 0.1) is 12.8 Å². The number of rotatable bonds is 7. The van der Waals surface area contributed by atoms with E-state index in [2.05, 4.69) is 21.9 Å². The number of carbonyl (C=O) groups is 1. The van der Waals surface area contributed by atoms with Gasteiger partial charge in [-0.15, -0.1) is 0 Å². The van der Waals surface area contributed by atoms with Gasteiger partial charge >= 0.3 is 0 Å². The van der Waals surface area contributed by atoms with E-state index in [1.807, 2.05) is 53.9 Å². The molecule has 1 aromatic carbocycles. The molecule has 1 aliphatic heterocycles. The molecule has 1 aliphatic rings. The molecule has 1 amide bonds. The molecule has 172 valence electrons. The molecule has 1 saturated heterocycles. The molecule has 0 spiro atoms. The zero-order valence-corrected chi connectivity index (χ0v) is 19.1. The minimum Gasteiger partial charge on any atom is -0.492 e. The van der Waals surface area contributed by atoms with Gasteiger partial charge in [0, 0.05) is 61.6 Å². The summed E-state index contributed by atoms with van der Waals surface area (Å²) in [5.74, 6) is 2.45. The number of pyridine rings is 1. The van der Waals surface area contributed by atoms with Gasteiger partial charge in [0.2, 0.25) is 0 Å². The van der Waals surface area contributed by atoms with Gasteiger partial charge in [-0.05, 0) is 44.0 Å². The molecule has 3 N–H and O–H groups in total. The number of likely N-dealkylation sites (tertiary alicyclic amines) is 1. The van der Waals surface area contributed by atoms with Gasteiger partial charge in [0.25, 0.3) is 5.91 Å². The third-order valence-corrected chi connectivity index (χ3v) is 5.96. The fraction of sp³-hybridized carbons (Fsp3) is 0.320. The Morgan fingerprint density at radius 2 is 2.15 bits per heavy atom. The number of ether oxygens (including phenoxy) is 1. The van der Waals surface area contributed by atoms with Crippen LogP contribution >= 0.6 is 0 Å². The van der Waals surface area contributed by atoms with E-state index in [-0.39, 0.29) is 11.8 Å².